The minimum absolute atomic E-state index is 0.0219. The molecule has 1 aromatic rings. The third-order valence-electron chi connectivity index (χ3n) is 1.75. The Kier molecular flexibility index (Phi) is 3.97. The Morgan fingerprint density at radius 1 is 1.59 bits per heavy atom. The molecule has 1 aromatic heterocycles. The fourth-order valence-corrected chi connectivity index (χ4v) is 1.05. The number of carbonyl (C=O) groups is 1. The molecular formula is C9H11F3N2O3. The smallest absolute Gasteiger partial charge is 0.422 e. The van der Waals surface area contributed by atoms with E-state index >= 15 is 0 Å². The summed E-state index contributed by atoms with van der Waals surface area (Å²) in [6, 6.07) is 1.58. The maximum Gasteiger partial charge on any atom is 0.422 e. The lowest BCUT2D eigenvalue weighted by molar-refractivity contribution is -0.162. The average molecular weight is 252 g/mol. The first-order valence-corrected chi connectivity index (χ1v) is 4.65. The number of amides is 1. The minimum atomic E-state index is -4.53. The SMILES string of the molecule is Cc1cc(CN(C)C(=O)OCC(F)(F)F)no1. The van der Waals surface area contributed by atoms with Crippen LogP contribution in [0.1, 0.15) is 11.5 Å². The van der Waals surface area contributed by atoms with Gasteiger partial charge in [0.1, 0.15) is 11.5 Å². The lowest BCUT2D eigenvalue weighted by atomic mass is 10.4. The van der Waals surface area contributed by atoms with E-state index in [2.05, 4.69) is 9.89 Å². The minimum Gasteiger partial charge on any atom is -0.440 e. The zero-order valence-corrected chi connectivity index (χ0v) is 9.24. The van der Waals surface area contributed by atoms with Crippen LogP contribution in [0.5, 0.6) is 0 Å². The molecule has 0 atom stereocenters. The summed E-state index contributed by atoms with van der Waals surface area (Å²) in [5.74, 6) is 0.553. The third kappa shape index (κ3) is 4.75. The Bertz CT molecular complexity index is 389. The molecule has 5 nitrogen and oxygen atoms in total. The van der Waals surface area contributed by atoms with Gasteiger partial charge < -0.3 is 14.2 Å². The van der Waals surface area contributed by atoms with E-state index in [1.807, 2.05) is 0 Å². The molecule has 1 amide bonds. The standard InChI is InChI=1S/C9H11F3N2O3/c1-6-3-7(13-17-6)4-14(2)8(15)16-5-9(10,11)12/h3H,4-5H2,1-2H3. The van der Waals surface area contributed by atoms with E-state index in [0.29, 0.717) is 11.5 Å². The number of hydrogen-bond acceptors (Lipinski definition) is 4. The van der Waals surface area contributed by atoms with Crippen LogP contribution in [0.25, 0.3) is 0 Å². The molecule has 0 aliphatic heterocycles. The lowest BCUT2D eigenvalue weighted by Gasteiger charge is -2.16. The number of alkyl halides is 3. The van der Waals surface area contributed by atoms with E-state index in [1.165, 1.54) is 7.05 Å². The Labute approximate surface area is 95.1 Å². The van der Waals surface area contributed by atoms with Crippen LogP contribution in [-0.4, -0.2) is 36.0 Å². The van der Waals surface area contributed by atoms with Gasteiger partial charge in [-0.1, -0.05) is 5.16 Å². The Hall–Kier alpha value is -1.73. The fourth-order valence-electron chi connectivity index (χ4n) is 1.05. The summed E-state index contributed by atoms with van der Waals surface area (Å²) in [5.41, 5.74) is 0.439. The first-order chi connectivity index (χ1) is 7.78. The van der Waals surface area contributed by atoms with Gasteiger partial charge in [0.2, 0.25) is 0 Å². The van der Waals surface area contributed by atoms with Crippen molar-refractivity contribution in [2.24, 2.45) is 0 Å². The summed E-state index contributed by atoms with van der Waals surface area (Å²) in [6.45, 7) is 0.0839. The second kappa shape index (κ2) is 5.07. The van der Waals surface area contributed by atoms with Gasteiger partial charge in [-0.25, -0.2) is 4.79 Å². The first-order valence-electron chi connectivity index (χ1n) is 4.65. The van der Waals surface area contributed by atoms with E-state index < -0.39 is 18.9 Å². The van der Waals surface area contributed by atoms with Gasteiger partial charge in [0.25, 0.3) is 0 Å². The van der Waals surface area contributed by atoms with Crippen LogP contribution in [-0.2, 0) is 11.3 Å². The Balaban J connectivity index is 2.42. The zero-order valence-electron chi connectivity index (χ0n) is 9.24. The molecule has 0 spiro atoms. The highest BCUT2D eigenvalue weighted by atomic mass is 19.4. The molecule has 0 saturated carbocycles. The van der Waals surface area contributed by atoms with E-state index in [9.17, 15) is 18.0 Å². The fraction of sp³-hybridized carbons (Fsp3) is 0.556. The van der Waals surface area contributed by atoms with Crippen LogP contribution in [0.3, 0.4) is 0 Å². The van der Waals surface area contributed by atoms with Crippen molar-refractivity contribution >= 4 is 6.09 Å². The molecule has 0 N–H and O–H groups in total. The highest BCUT2D eigenvalue weighted by molar-refractivity contribution is 5.67. The van der Waals surface area contributed by atoms with Crippen molar-refractivity contribution in [1.82, 2.24) is 10.1 Å². The van der Waals surface area contributed by atoms with Crippen molar-refractivity contribution in [2.75, 3.05) is 13.7 Å². The first kappa shape index (κ1) is 13.3. The van der Waals surface area contributed by atoms with Crippen LogP contribution in [0, 0.1) is 6.92 Å². The van der Waals surface area contributed by atoms with E-state index in [0.717, 1.165) is 4.90 Å². The van der Waals surface area contributed by atoms with Gasteiger partial charge in [-0.05, 0) is 6.92 Å². The molecule has 0 saturated heterocycles. The highest BCUT2D eigenvalue weighted by Crippen LogP contribution is 2.15. The van der Waals surface area contributed by atoms with Crippen LogP contribution < -0.4 is 0 Å². The molecule has 96 valence electrons. The number of aromatic nitrogens is 1. The summed E-state index contributed by atoms with van der Waals surface area (Å²) >= 11 is 0. The van der Waals surface area contributed by atoms with Crippen LogP contribution >= 0.6 is 0 Å². The van der Waals surface area contributed by atoms with Gasteiger partial charge in [-0.15, -0.1) is 0 Å². The normalized spacial score (nSPS) is 11.4. The van der Waals surface area contributed by atoms with Gasteiger partial charge in [0.15, 0.2) is 6.61 Å². The molecular weight excluding hydrogens is 241 g/mol. The van der Waals surface area contributed by atoms with Gasteiger partial charge in [0.05, 0.1) is 6.54 Å². The number of nitrogens with zero attached hydrogens (tertiary/aromatic N) is 2. The summed E-state index contributed by atoms with van der Waals surface area (Å²) in [6.07, 6.45) is -5.59. The second-order valence-corrected chi connectivity index (χ2v) is 3.45. The second-order valence-electron chi connectivity index (χ2n) is 3.45. The molecule has 0 bridgehead atoms. The topological polar surface area (TPSA) is 55.6 Å². The summed E-state index contributed by atoms with van der Waals surface area (Å²) < 4.78 is 44.2. The van der Waals surface area contributed by atoms with Gasteiger partial charge in [-0.3, -0.25) is 0 Å². The molecule has 0 radical (unpaired) electrons. The quantitative estimate of drug-likeness (QED) is 0.826. The number of halogens is 3. The monoisotopic (exact) mass is 252 g/mol. The Morgan fingerprint density at radius 3 is 2.71 bits per heavy atom. The molecule has 1 heterocycles. The Morgan fingerprint density at radius 2 is 2.24 bits per heavy atom. The van der Waals surface area contributed by atoms with Crippen molar-refractivity contribution in [1.29, 1.82) is 0 Å². The maximum absolute atomic E-state index is 11.8. The van der Waals surface area contributed by atoms with Crippen molar-refractivity contribution in [2.45, 2.75) is 19.6 Å². The van der Waals surface area contributed by atoms with Gasteiger partial charge in [-0.2, -0.15) is 13.2 Å². The largest absolute Gasteiger partial charge is 0.440 e. The molecule has 17 heavy (non-hydrogen) atoms. The van der Waals surface area contributed by atoms with Crippen molar-refractivity contribution in [3.8, 4) is 0 Å². The zero-order chi connectivity index (χ0) is 13.1. The predicted octanol–water partition coefficient (Wildman–Crippen LogP) is 2.11. The number of ether oxygens (including phenoxy) is 1. The summed E-state index contributed by atoms with van der Waals surface area (Å²) in [7, 11) is 1.31. The number of aryl methyl sites for hydroxylation is 1. The summed E-state index contributed by atoms with van der Waals surface area (Å²) in [5, 5.41) is 3.60. The predicted molar refractivity (Wildman–Crippen MR) is 50.1 cm³/mol. The molecule has 0 aliphatic rings. The van der Waals surface area contributed by atoms with E-state index in [1.54, 1.807) is 13.0 Å². The third-order valence-corrected chi connectivity index (χ3v) is 1.75. The van der Waals surface area contributed by atoms with Gasteiger partial charge >= 0.3 is 12.3 Å². The van der Waals surface area contributed by atoms with Crippen molar-refractivity contribution in [3.05, 3.63) is 17.5 Å². The number of hydrogen-bond donors (Lipinski definition) is 0. The average Bonchev–Trinajstić information content (AvgIpc) is 2.59. The van der Waals surface area contributed by atoms with Crippen LogP contribution in [0.15, 0.2) is 10.6 Å². The molecule has 0 unspecified atom stereocenters. The van der Waals surface area contributed by atoms with Crippen LogP contribution in [0.4, 0.5) is 18.0 Å². The van der Waals surface area contributed by atoms with Gasteiger partial charge in [0, 0.05) is 13.1 Å². The molecule has 0 fully saturated rings. The lowest BCUT2D eigenvalue weighted by Crippen LogP contribution is -2.30. The van der Waals surface area contributed by atoms with E-state index in [4.69, 9.17) is 4.52 Å². The maximum atomic E-state index is 11.8. The highest BCUT2D eigenvalue weighted by Gasteiger charge is 2.30. The molecule has 0 aromatic carbocycles. The molecule has 1 rings (SSSR count). The molecule has 8 heteroatoms. The molecule has 0 aliphatic carbocycles. The van der Waals surface area contributed by atoms with E-state index in [-0.39, 0.29) is 6.54 Å². The van der Waals surface area contributed by atoms with Crippen molar-refractivity contribution < 1.29 is 27.2 Å². The number of rotatable bonds is 3. The number of carbonyl (C=O) groups excluding carboxylic acids is 1. The summed E-state index contributed by atoms with van der Waals surface area (Å²) in [4.78, 5) is 12.1. The van der Waals surface area contributed by atoms with Crippen molar-refractivity contribution in [3.63, 3.8) is 0 Å². The van der Waals surface area contributed by atoms with Crippen LogP contribution in [0.2, 0.25) is 0 Å².